The summed E-state index contributed by atoms with van der Waals surface area (Å²) >= 11 is 0. The highest BCUT2D eigenvalue weighted by Crippen LogP contribution is 2.88. The Bertz CT molecular complexity index is 1340. The average Bonchev–Trinajstić information content (AvgIpc) is 3.18. The second kappa shape index (κ2) is 14.0. The van der Waals surface area contributed by atoms with Gasteiger partial charge in [0, 0.05) is 62.7 Å². The average molecular weight is 698 g/mol. The minimum atomic E-state index is -0.988. The number of likely N-dealkylation sites (tertiary alicyclic amines) is 1. The van der Waals surface area contributed by atoms with Crippen LogP contribution in [0.2, 0.25) is 0 Å². The lowest BCUT2D eigenvalue weighted by Crippen LogP contribution is -2.50. The first kappa shape index (κ1) is 39.1. The molecule has 282 valence electrons. The molecule has 5 aliphatic rings. The third kappa shape index (κ3) is 7.25. The summed E-state index contributed by atoms with van der Waals surface area (Å²) in [5.74, 6) is -2.35. The highest BCUT2D eigenvalue weighted by Gasteiger charge is 2.85. The zero-order valence-corrected chi connectivity index (χ0v) is 32.7. The van der Waals surface area contributed by atoms with Gasteiger partial charge in [-0.2, -0.15) is 0 Å². The van der Waals surface area contributed by atoms with E-state index in [0.717, 1.165) is 58.2 Å². The van der Waals surface area contributed by atoms with E-state index in [1.807, 2.05) is 25.7 Å². The molecular weight excluding hydrogens is 630 g/mol. The number of amides is 2. The number of primary amides is 1. The van der Waals surface area contributed by atoms with Crippen LogP contribution in [0.15, 0.2) is 0 Å². The molecule has 0 bridgehead atoms. The molecule has 2 aliphatic heterocycles. The molecule has 2 heterocycles. The molecule has 9 heteroatoms. The summed E-state index contributed by atoms with van der Waals surface area (Å²) in [6.07, 6.45) is 8.01. The molecule has 0 aromatic heterocycles. The molecule has 2 saturated heterocycles. The summed E-state index contributed by atoms with van der Waals surface area (Å²) in [5, 5.41) is 0. The van der Waals surface area contributed by atoms with Gasteiger partial charge < -0.3 is 15.4 Å². The van der Waals surface area contributed by atoms with Crippen LogP contribution >= 0.6 is 0 Å². The van der Waals surface area contributed by atoms with E-state index in [1.165, 1.54) is 0 Å². The number of morpholine rings is 1. The number of carbonyl (C=O) groups excluding carboxylic acids is 5. The van der Waals surface area contributed by atoms with Crippen LogP contribution < -0.4 is 5.73 Å². The Morgan fingerprint density at radius 3 is 2.04 bits per heavy atom. The first-order chi connectivity index (χ1) is 23.1. The monoisotopic (exact) mass is 698 g/mol. The van der Waals surface area contributed by atoms with E-state index in [4.69, 9.17) is 10.5 Å². The van der Waals surface area contributed by atoms with Crippen molar-refractivity contribution in [2.24, 2.45) is 57.0 Å². The lowest BCUT2D eigenvalue weighted by Gasteiger charge is -2.40. The minimum absolute atomic E-state index is 0.00816. The van der Waals surface area contributed by atoms with Crippen LogP contribution in [0.1, 0.15) is 133 Å². The number of nitrogens with two attached hydrogens (primary N) is 1. The standard InChI is InChI=1S/C41H67N3O6/c1-26(2)29(23-43-16-17-50-38(6,7)24-43)19-30(45)21-31(37(3,4)5)36(49)44-25-41(39(8,9)40(41)14-11-15-40)22-32(44)33(46)20-28(34(47)35(42)48)18-27-12-10-13-27/h26-29,31-32H,10-25H2,1-9H3,(H2,42,48)/t28?,29-,31-,32+,41-/m1/s1. The largest absolute Gasteiger partial charge is 0.373 e. The highest BCUT2D eigenvalue weighted by molar-refractivity contribution is 6.36. The summed E-state index contributed by atoms with van der Waals surface area (Å²) in [7, 11) is 0. The number of ketones is 3. The van der Waals surface area contributed by atoms with Crippen molar-refractivity contribution in [2.75, 3.05) is 32.8 Å². The molecule has 0 aromatic carbocycles. The first-order valence-electron chi connectivity index (χ1n) is 19.7. The number of fused-ring (bicyclic) bond motifs is 1. The van der Waals surface area contributed by atoms with Crippen molar-refractivity contribution >= 4 is 29.2 Å². The van der Waals surface area contributed by atoms with Gasteiger partial charge >= 0.3 is 0 Å². The maximum atomic E-state index is 14.9. The second-order valence-electron chi connectivity index (χ2n) is 19.7. The van der Waals surface area contributed by atoms with E-state index >= 15 is 0 Å². The number of nitrogens with zero attached hydrogens (tertiary/aromatic N) is 2. The van der Waals surface area contributed by atoms with Gasteiger partial charge in [0.2, 0.25) is 11.7 Å². The van der Waals surface area contributed by atoms with Gasteiger partial charge in [0.15, 0.2) is 5.78 Å². The summed E-state index contributed by atoms with van der Waals surface area (Å²) in [4.78, 5) is 72.6. The maximum absolute atomic E-state index is 14.9. The Hall–Kier alpha value is -2.13. The van der Waals surface area contributed by atoms with Crippen LogP contribution in [0.3, 0.4) is 0 Å². The van der Waals surface area contributed by atoms with Crippen molar-refractivity contribution in [3.8, 4) is 0 Å². The van der Waals surface area contributed by atoms with E-state index in [9.17, 15) is 24.0 Å². The molecule has 0 radical (unpaired) electrons. The van der Waals surface area contributed by atoms with Gasteiger partial charge in [-0.25, -0.2) is 0 Å². The molecule has 9 nitrogen and oxygen atoms in total. The number of carbonyl (C=O) groups is 5. The molecule has 2 amide bonds. The molecule has 3 aliphatic carbocycles. The van der Waals surface area contributed by atoms with Crippen LogP contribution in [0.4, 0.5) is 0 Å². The molecule has 50 heavy (non-hydrogen) atoms. The second-order valence-corrected chi connectivity index (χ2v) is 19.7. The Kier molecular flexibility index (Phi) is 11.0. The fraction of sp³-hybridized carbons (Fsp3) is 0.878. The van der Waals surface area contributed by atoms with E-state index in [2.05, 4.69) is 46.4 Å². The van der Waals surface area contributed by atoms with E-state index < -0.39 is 35.0 Å². The van der Waals surface area contributed by atoms with Crippen molar-refractivity contribution in [1.29, 1.82) is 0 Å². The number of Topliss-reactive ketones (excluding diaryl/α,β-unsaturated/α-hetero) is 3. The summed E-state index contributed by atoms with van der Waals surface area (Å²) in [5.41, 5.74) is 4.71. The lowest BCUT2D eigenvalue weighted by molar-refractivity contribution is -0.147. The summed E-state index contributed by atoms with van der Waals surface area (Å²) in [6, 6.07) is -0.667. The van der Waals surface area contributed by atoms with E-state index in [0.29, 0.717) is 44.2 Å². The van der Waals surface area contributed by atoms with Crippen molar-refractivity contribution < 1.29 is 28.7 Å². The highest BCUT2D eigenvalue weighted by atomic mass is 16.5. The molecule has 5 fully saturated rings. The van der Waals surface area contributed by atoms with E-state index in [1.54, 1.807) is 0 Å². The zero-order chi connectivity index (χ0) is 37.0. The van der Waals surface area contributed by atoms with Crippen LogP contribution in [0, 0.1) is 51.2 Å². The Morgan fingerprint density at radius 1 is 0.900 bits per heavy atom. The maximum Gasteiger partial charge on any atom is 0.285 e. The predicted octanol–water partition coefficient (Wildman–Crippen LogP) is 6.00. The fourth-order valence-electron chi connectivity index (χ4n) is 10.8. The van der Waals surface area contributed by atoms with Crippen LogP contribution in [-0.4, -0.2) is 83.4 Å². The SMILES string of the molecule is CC(C)[C@H](CC(=O)C[C@H](C(=O)N1C[C@]2(C[C@H]1C(=O)CC(CC1CCC1)C(=O)C(N)=O)C(C)(C)C21CCC1)C(C)(C)C)CN1CCOC(C)(C)C1. The fourth-order valence-corrected chi connectivity index (χ4v) is 10.8. The predicted molar refractivity (Wildman–Crippen MR) is 194 cm³/mol. The van der Waals surface area contributed by atoms with Crippen LogP contribution in [0.5, 0.6) is 0 Å². The van der Waals surface area contributed by atoms with Crippen LogP contribution in [-0.2, 0) is 28.7 Å². The molecule has 5 atom stereocenters. The molecule has 2 spiro atoms. The summed E-state index contributed by atoms with van der Waals surface area (Å²) in [6.45, 7) is 22.9. The number of rotatable bonds is 15. The van der Waals surface area contributed by atoms with Gasteiger partial charge in [0.05, 0.1) is 18.2 Å². The number of ether oxygens (including phenoxy) is 1. The minimum Gasteiger partial charge on any atom is -0.373 e. The number of hydrogen-bond acceptors (Lipinski definition) is 7. The van der Waals surface area contributed by atoms with Gasteiger partial charge in [0.1, 0.15) is 5.78 Å². The smallest absolute Gasteiger partial charge is 0.285 e. The zero-order valence-electron chi connectivity index (χ0n) is 32.7. The van der Waals surface area contributed by atoms with Crippen molar-refractivity contribution in [3.05, 3.63) is 0 Å². The van der Waals surface area contributed by atoms with Gasteiger partial charge in [-0.1, -0.05) is 74.1 Å². The van der Waals surface area contributed by atoms with Gasteiger partial charge in [-0.15, -0.1) is 0 Å². The Labute approximate surface area is 301 Å². The van der Waals surface area contributed by atoms with Crippen molar-refractivity contribution in [3.63, 3.8) is 0 Å². The first-order valence-corrected chi connectivity index (χ1v) is 19.7. The lowest BCUT2D eigenvalue weighted by atomic mass is 9.73. The third-order valence-corrected chi connectivity index (χ3v) is 14.6. The summed E-state index contributed by atoms with van der Waals surface area (Å²) < 4.78 is 5.92. The molecule has 1 unspecified atom stereocenters. The van der Waals surface area contributed by atoms with E-state index in [-0.39, 0.29) is 58.1 Å². The van der Waals surface area contributed by atoms with Crippen molar-refractivity contribution in [2.45, 2.75) is 145 Å². The van der Waals surface area contributed by atoms with Crippen molar-refractivity contribution in [1.82, 2.24) is 9.80 Å². The quantitative estimate of drug-likeness (QED) is 0.208. The molecule has 2 N–H and O–H groups in total. The number of hydrogen-bond donors (Lipinski definition) is 1. The van der Waals surface area contributed by atoms with Gasteiger partial charge in [-0.05, 0) is 73.5 Å². The van der Waals surface area contributed by atoms with Crippen LogP contribution in [0.25, 0.3) is 0 Å². The molecular formula is C41H67N3O6. The molecule has 5 rings (SSSR count). The molecule has 0 aromatic rings. The molecule has 3 saturated carbocycles. The van der Waals surface area contributed by atoms with Gasteiger partial charge in [-0.3, -0.25) is 28.9 Å². The normalized spacial score (nSPS) is 28.9. The third-order valence-electron chi connectivity index (χ3n) is 14.6. The van der Waals surface area contributed by atoms with Gasteiger partial charge in [0.25, 0.3) is 5.91 Å². The Morgan fingerprint density at radius 2 is 1.56 bits per heavy atom. The Balaban J connectivity index is 1.36. The topological polar surface area (TPSA) is 127 Å².